The predicted octanol–water partition coefficient (Wildman–Crippen LogP) is 4.73. The fraction of sp³-hybridized carbons (Fsp3) is 0.304. The molecule has 0 radical (unpaired) electrons. The Balaban J connectivity index is 1.81. The molecule has 27 heavy (non-hydrogen) atoms. The molecule has 3 rings (SSSR count). The molecule has 0 unspecified atom stereocenters. The second-order valence-electron chi connectivity index (χ2n) is 7.78. The van der Waals surface area contributed by atoms with Crippen LogP contribution in [0.2, 0.25) is 0 Å². The molecule has 1 aromatic heterocycles. The molecule has 3 aromatic rings. The highest BCUT2D eigenvalue weighted by Crippen LogP contribution is 2.25. The molecule has 0 aliphatic rings. The normalized spacial score (nSPS) is 11.6. The molecule has 4 nitrogen and oxygen atoms in total. The zero-order valence-electron chi connectivity index (χ0n) is 16.3. The highest BCUT2D eigenvalue weighted by atomic mass is 16.4. The zero-order valence-corrected chi connectivity index (χ0v) is 16.3. The lowest BCUT2D eigenvalue weighted by molar-refractivity contribution is -0.121. The summed E-state index contributed by atoms with van der Waals surface area (Å²) < 4.78 is 5.87. The molecule has 1 N–H and O–H groups in total. The van der Waals surface area contributed by atoms with E-state index in [2.05, 4.69) is 10.3 Å². The molecule has 0 fully saturated rings. The maximum absolute atomic E-state index is 12.8. The van der Waals surface area contributed by atoms with Gasteiger partial charge in [-0.3, -0.25) is 4.79 Å². The molecule has 0 bridgehead atoms. The van der Waals surface area contributed by atoms with Gasteiger partial charge in [-0.25, -0.2) is 4.98 Å². The van der Waals surface area contributed by atoms with Gasteiger partial charge < -0.3 is 9.73 Å². The minimum atomic E-state index is -0.204. The molecule has 1 heterocycles. The summed E-state index contributed by atoms with van der Waals surface area (Å²) in [4.78, 5) is 17.3. The van der Waals surface area contributed by atoms with Crippen LogP contribution in [0, 0.1) is 6.92 Å². The first-order chi connectivity index (χ1) is 12.8. The smallest absolute Gasteiger partial charge is 0.228 e. The Bertz CT molecular complexity index is 854. The zero-order chi connectivity index (χ0) is 19.4. The van der Waals surface area contributed by atoms with E-state index in [-0.39, 0.29) is 23.8 Å². The number of rotatable bonds is 5. The summed E-state index contributed by atoms with van der Waals surface area (Å²) in [6.07, 6.45) is 0.172. The van der Waals surface area contributed by atoms with Crippen LogP contribution in [0.15, 0.2) is 65.1 Å². The van der Waals surface area contributed by atoms with E-state index in [9.17, 15) is 4.79 Å². The average Bonchev–Trinajstić information content (AvgIpc) is 3.02. The summed E-state index contributed by atoms with van der Waals surface area (Å²) >= 11 is 0. The van der Waals surface area contributed by atoms with Gasteiger partial charge in [0.1, 0.15) is 5.76 Å². The van der Waals surface area contributed by atoms with Crippen molar-refractivity contribution >= 4 is 5.91 Å². The molecule has 0 aliphatic carbocycles. The number of hydrogen-bond acceptors (Lipinski definition) is 3. The standard InChI is InChI=1S/C23H26N2O2/c1-16-19(27-22(24-16)23(2,3)4)15-20(26)25-21(17-11-7-5-8-12-17)18-13-9-6-10-14-18/h5-14,21H,15H2,1-4H3,(H,25,26). The van der Waals surface area contributed by atoms with Gasteiger partial charge in [-0.2, -0.15) is 0 Å². The van der Waals surface area contributed by atoms with E-state index in [4.69, 9.17) is 4.42 Å². The molecule has 0 spiro atoms. The van der Waals surface area contributed by atoms with Crippen LogP contribution in [0.3, 0.4) is 0 Å². The van der Waals surface area contributed by atoms with E-state index in [1.807, 2.05) is 88.4 Å². The number of amides is 1. The van der Waals surface area contributed by atoms with E-state index < -0.39 is 0 Å². The van der Waals surface area contributed by atoms with Crippen LogP contribution in [0.4, 0.5) is 0 Å². The summed E-state index contributed by atoms with van der Waals surface area (Å²) in [7, 11) is 0. The number of benzene rings is 2. The fourth-order valence-electron chi connectivity index (χ4n) is 2.92. The van der Waals surface area contributed by atoms with Gasteiger partial charge in [0.15, 0.2) is 5.89 Å². The lowest BCUT2D eigenvalue weighted by Gasteiger charge is -2.19. The van der Waals surface area contributed by atoms with E-state index in [1.165, 1.54) is 0 Å². The number of aromatic nitrogens is 1. The molecule has 4 heteroatoms. The van der Waals surface area contributed by atoms with E-state index >= 15 is 0 Å². The maximum Gasteiger partial charge on any atom is 0.228 e. The lowest BCUT2D eigenvalue weighted by atomic mass is 9.97. The number of hydrogen-bond donors (Lipinski definition) is 1. The Kier molecular flexibility index (Phi) is 5.45. The van der Waals surface area contributed by atoms with E-state index in [1.54, 1.807) is 0 Å². The van der Waals surface area contributed by atoms with Crippen LogP contribution in [-0.4, -0.2) is 10.9 Å². The summed E-state index contributed by atoms with van der Waals surface area (Å²) in [5.74, 6) is 1.19. The van der Waals surface area contributed by atoms with Crippen molar-refractivity contribution in [3.63, 3.8) is 0 Å². The molecule has 0 saturated heterocycles. The first kappa shape index (κ1) is 18.9. The molecule has 0 saturated carbocycles. The molecular formula is C23H26N2O2. The van der Waals surface area contributed by atoms with Gasteiger partial charge in [0, 0.05) is 5.41 Å². The number of nitrogens with zero attached hydrogens (tertiary/aromatic N) is 1. The molecule has 140 valence electrons. The minimum absolute atomic E-state index is 0.0904. The number of carbonyl (C=O) groups excluding carboxylic acids is 1. The molecule has 0 aliphatic heterocycles. The van der Waals surface area contributed by atoms with Gasteiger partial charge in [0.05, 0.1) is 18.2 Å². The van der Waals surface area contributed by atoms with Crippen molar-refractivity contribution < 1.29 is 9.21 Å². The Morgan fingerprint density at radius 3 is 1.96 bits per heavy atom. The fourth-order valence-corrected chi connectivity index (χ4v) is 2.92. The predicted molar refractivity (Wildman–Crippen MR) is 107 cm³/mol. The van der Waals surface area contributed by atoms with Crippen molar-refractivity contribution in [2.45, 2.75) is 45.6 Å². The van der Waals surface area contributed by atoms with Crippen LogP contribution in [0.5, 0.6) is 0 Å². The topological polar surface area (TPSA) is 55.1 Å². The highest BCUT2D eigenvalue weighted by molar-refractivity contribution is 5.79. The Hall–Kier alpha value is -2.88. The van der Waals surface area contributed by atoms with Crippen LogP contribution in [0.1, 0.15) is 55.3 Å². The largest absolute Gasteiger partial charge is 0.444 e. The Morgan fingerprint density at radius 1 is 1.00 bits per heavy atom. The van der Waals surface area contributed by atoms with Crippen LogP contribution in [0.25, 0.3) is 0 Å². The third-order valence-corrected chi connectivity index (χ3v) is 4.43. The highest BCUT2D eigenvalue weighted by Gasteiger charge is 2.24. The first-order valence-electron chi connectivity index (χ1n) is 9.20. The molecule has 2 aromatic carbocycles. The second-order valence-corrected chi connectivity index (χ2v) is 7.78. The van der Waals surface area contributed by atoms with Crippen LogP contribution in [-0.2, 0) is 16.6 Å². The molecular weight excluding hydrogens is 336 g/mol. The van der Waals surface area contributed by atoms with Gasteiger partial charge in [0.25, 0.3) is 0 Å². The van der Waals surface area contributed by atoms with Crippen molar-refractivity contribution in [2.24, 2.45) is 0 Å². The van der Waals surface area contributed by atoms with Crippen molar-refractivity contribution in [2.75, 3.05) is 0 Å². The second kappa shape index (κ2) is 7.78. The van der Waals surface area contributed by atoms with Crippen LogP contribution >= 0.6 is 0 Å². The van der Waals surface area contributed by atoms with Crippen molar-refractivity contribution in [3.05, 3.63) is 89.1 Å². The monoisotopic (exact) mass is 362 g/mol. The lowest BCUT2D eigenvalue weighted by Crippen LogP contribution is -2.30. The van der Waals surface area contributed by atoms with Gasteiger partial charge in [-0.15, -0.1) is 0 Å². The summed E-state index contributed by atoms with van der Waals surface area (Å²) in [5.41, 5.74) is 2.67. The SMILES string of the molecule is Cc1nc(C(C)(C)C)oc1CC(=O)NC(c1ccccc1)c1ccccc1. The summed E-state index contributed by atoms with van der Waals surface area (Å²) in [6.45, 7) is 8.02. The molecule has 1 amide bonds. The number of nitrogens with one attached hydrogen (secondary N) is 1. The number of aryl methyl sites for hydroxylation is 1. The number of carbonyl (C=O) groups is 1. The summed E-state index contributed by atoms with van der Waals surface area (Å²) in [5, 5.41) is 3.15. The van der Waals surface area contributed by atoms with Crippen molar-refractivity contribution in [3.8, 4) is 0 Å². The van der Waals surface area contributed by atoms with Gasteiger partial charge in [-0.1, -0.05) is 81.4 Å². The van der Waals surface area contributed by atoms with Crippen molar-refractivity contribution in [1.82, 2.24) is 10.3 Å². The Labute approximate surface area is 160 Å². The third-order valence-electron chi connectivity index (χ3n) is 4.43. The first-order valence-corrected chi connectivity index (χ1v) is 9.20. The minimum Gasteiger partial charge on any atom is -0.444 e. The third kappa shape index (κ3) is 4.64. The maximum atomic E-state index is 12.8. The van der Waals surface area contributed by atoms with Gasteiger partial charge >= 0.3 is 0 Å². The van der Waals surface area contributed by atoms with Gasteiger partial charge in [-0.05, 0) is 18.1 Å². The average molecular weight is 362 g/mol. The quantitative estimate of drug-likeness (QED) is 0.714. The van der Waals surface area contributed by atoms with Crippen LogP contribution < -0.4 is 5.32 Å². The van der Waals surface area contributed by atoms with Gasteiger partial charge in [0.2, 0.25) is 5.91 Å². The number of oxazole rings is 1. The molecule has 0 atom stereocenters. The summed E-state index contributed by atoms with van der Waals surface area (Å²) in [6, 6.07) is 19.8. The van der Waals surface area contributed by atoms with E-state index in [0.29, 0.717) is 11.7 Å². The van der Waals surface area contributed by atoms with Crippen molar-refractivity contribution in [1.29, 1.82) is 0 Å². The Morgan fingerprint density at radius 2 is 1.52 bits per heavy atom. The van der Waals surface area contributed by atoms with E-state index in [0.717, 1.165) is 16.8 Å².